The number of ether oxygens (including phenoxy) is 1. The van der Waals surface area contributed by atoms with E-state index in [9.17, 15) is 0 Å². The van der Waals surface area contributed by atoms with E-state index in [1.807, 2.05) is 23.1 Å². The van der Waals surface area contributed by atoms with Crippen molar-refractivity contribution in [2.75, 3.05) is 19.7 Å². The molecule has 1 unspecified atom stereocenters. The minimum atomic E-state index is 0. The highest BCUT2D eigenvalue weighted by Crippen LogP contribution is 2.14. The van der Waals surface area contributed by atoms with Crippen molar-refractivity contribution < 1.29 is 4.74 Å². The van der Waals surface area contributed by atoms with E-state index in [1.165, 1.54) is 18.4 Å². The highest BCUT2D eigenvalue weighted by atomic mass is 35.5. The van der Waals surface area contributed by atoms with E-state index in [-0.39, 0.29) is 12.4 Å². The van der Waals surface area contributed by atoms with Gasteiger partial charge in [0.05, 0.1) is 19.0 Å². The Kier molecular flexibility index (Phi) is 6.74. The first kappa shape index (κ1) is 16.8. The van der Waals surface area contributed by atoms with Crippen LogP contribution in [0.1, 0.15) is 18.4 Å². The number of benzene rings is 1. The first-order chi connectivity index (χ1) is 10.4. The first-order valence-electron chi connectivity index (χ1n) is 7.80. The van der Waals surface area contributed by atoms with E-state index in [2.05, 4.69) is 34.7 Å². The molecule has 1 N–H and O–H groups in total. The fourth-order valence-corrected chi connectivity index (χ4v) is 2.71. The second-order valence-corrected chi connectivity index (χ2v) is 5.70. The van der Waals surface area contributed by atoms with Gasteiger partial charge in [-0.15, -0.1) is 12.4 Å². The molecule has 1 fully saturated rings. The van der Waals surface area contributed by atoms with Crippen molar-refractivity contribution in [2.24, 2.45) is 5.92 Å². The number of nitrogens with zero attached hydrogens (tertiary/aromatic N) is 2. The van der Waals surface area contributed by atoms with Crippen LogP contribution in [0.25, 0.3) is 0 Å². The minimum Gasteiger partial charge on any atom is -0.490 e. The monoisotopic (exact) mass is 321 g/mol. The molecule has 2 heterocycles. The third-order valence-electron chi connectivity index (χ3n) is 3.97. The van der Waals surface area contributed by atoms with Gasteiger partial charge in [-0.25, -0.2) is 0 Å². The van der Waals surface area contributed by atoms with Gasteiger partial charge in [-0.1, -0.05) is 30.3 Å². The van der Waals surface area contributed by atoms with Crippen molar-refractivity contribution in [3.05, 3.63) is 48.3 Å². The molecule has 1 aromatic heterocycles. The largest absolute Gasteiger partial charge is 0.490 e. The number of halogens is 1. The van der Waals surface area contributed by atoms with Crippen LogP contribution in [0.2, 0.25) is 0 Å². The number of rotatable bonds is 6. The van der Waals surface area contributed by atoms with Crippen molar-refractivity contribution in [1.29, 1.82) is 0 Å². The molecule has 1 saturated heterocycles. The van der Waals surface area contributed by atoms with Gasteiger partial charge in [0.1, 0.15) is 0 Å². The van der Waals surface area contributed by atoms with Gasteiger partial charge < -0.3 is 10.1 Å². The molecule has 5 heteroatoms. The van der Waals surface area contributed by atoms with Gasteiger partial charge in [0.2, 0.25) is 0 Å². The predicted molar refractivity (Wildman–Crippen MR) is 90.7 cm³/mol. The molecule has 0 saturated carbocycles. The lowest BCUT2D eigenvalue weighted by atomic mass is 10.0. The molecule has 3 rings (SSSR count). The SMILES string of the molecule is Cl.c1ccc(CCn2cc(OCC3CCCNC3)cn2)cc1. The molecule has 0 aliphatic carbocycles. The van der Waals surface area contributed by atoms with Crippen molar-refractivity contribution in [2.45, 2.75) is 25.8 Å². The molecule has 2 aromatic rings. The standard InChI is InChI=1S/C17H23N3O.ClH/c1-2-5-15(6-3-1)8-10-20-13-17(12-19-20)21-14-16-7-4-9-18-11-16;/h1-3,5-6,12-13,16,18H,4,7-11,14H2;1H. The summed E-state index contributed by atoms with van der Waals surface area (Å²) < 4.78 is 7.81. The second-order valence-electron chi connectivity index (χ2n) is 5.70. The highest BCUT2D eigenvalue weighted by molar-refractivity contribution is 5.85. The number of aryl methyl sites for hydroxylation is 2. The second kappa shape index (κ2) is 8.81. The zero-order valence-corrected chi connectivity index (χ0v) is 13.6. The smallest absolute Gasteiger partial charge is 0.157 e. The summed E-state index contributed by atoms with van der Waals surface area (Å²) in [6, 6.07) is 10.5. The van der Waals surface area contributed by atoms with E-state index in [1.54, 1.807) is 0 Å². The fraction of sp³-hybridized carbons (Fsp3) is 0.471. The zero-order chi connectivity index (χ0) is 14.3. The van der Waals surface area contributed by atoms with E-state index in [0.29, 0.717) is 5.92 Å². The number of nitrogens with one attached hydrogen (secondary N) is 1. The molecular formula is C17H24ClN3O. The Labute approximate surface area is 138 Å². The molecule has 120 valence electrons. The summed E-state index contributed by atoms with van der Waals surface area (Å²) in [5.74, 6) is 1.51. The van der Waals surface area contributed by atoms with Gasteiger partial charge in [0, 0.05) is 19.0 Å². The summed E-state index contributed by atoms with van der Waals surface area (Å²) in [7, 11) is 0. The van der Waals surface area contributed by atoms with Crippen molar-refractivity contribution in [3.63, 3.8) is 0 Å². The van der Waals surface area contributed by atoms with Gasteiger partial charge >= 0.3 is 0 Å². The van der Waals surface area contributed by atoms with E-state index >= 15 is 0 Å². The van der Waals surface area contributed by atoms with Crippen molar-refractivity contribution in [3.8, 4) is 5.75 Å². The van der Waals surface area contributed by atoms with Crippen LogP contribution < -0.4 is 10.1 Å². The van der Waals surface area contributed by atoms with Gasteiger partial charge in [0.15, 0.2) is 5.75 Å². The Bertz CT molecular complexity index is 538. The van der Waals surface area contributed by atoms with Crippen LogP contribution in [0.4, 0.5) is 0 Å². The van der Waals surface area contributed by atoms with E-state index in [0.717, 1.165) is 38.4 Å². The average molecular weight is 322 g/mol. The predicted octanol–water partition coefficient (Wildman–Crippen LogP) is 2.93. The molecular weight excluding hydrogens is 298 g/mol. The van der Waals surface area contributed by atoms with Gasteiger partial charge in [-0.2, -0.15) is 5.10 Å². The average Bonchev–Trinajstić information content (AvgIpc) is 3.01. The van der Waals surface area contributed by atoms with E-state index < -0.39 is 0 Å². The molecule has 0 amide bonds. The van der Waals surface area contributed by atoms with Gasteiger partial charge in [-0.05, 0) is 31.4 Å². The molecule has 1 aliphatic heterocycles. The maximum Gasteiger partial charge on any atom is 0.157 e. The maximum absolute atomic E-state index is 5.85. The lowest BCUT2D eigenvalue weighted by Crippen LogP contribution is -2.32. The Morgan fingerprint density at radius 3 is 2.91 bits per heavy atom. The van der Waals surface area contributed by atoms with Crippen LogP contribution in [0.3, 0.4) is 0 Å². The van der Waals surface area contributed by atoms with Crippen molar-refractivity contribution in [1.82, 2.24) is 15.1 Å². The molecule has 0 radical (unpaired) electrons. The molecule has 1 atom stereocenters. The van der Waals surface area contributed by atoms with Crippen LogP contribution >= 0.6 is 12.4 Å². The number of hydrogen-bond donors (Lipinski definition) is 1. The summed E-state index contributed by atoms with van der Waals surface area (Å²) in [6.07, 6.45) is 7.33. The summed E-state index contributed by atoms with van der Waals surface area (Å²) in [5, 5.41) is 7.78. The maximum atomic E-state index is 5.85. The van der Waals surface area contributed by atoms with Crippen LogP contribution in [0.5, 0.6) is 5.75 Å². The van der Waals surface area contributed by atoms with E-state index in [4.69, 9.17) is 4.74 Å². The third kappa shape index (κ3) is 5.04. The lowest BCUT2D eigenvalue weighted by molar-refractivity contribution is 0.218. The molecule has 22 heavy (non-hydrogen) atoms. The normalized spacial score (nSPS) is 17.7. The molecule has 1 aromatic carbocycles. The van der Waals surface area contributed by atoms with Crippen LogP contribution in [0.15, 0.2) is 42.7 Å². The quantitative estimate of drug-likeness (QED) is 0.889. The molecule has 0 bridgehead atoms. The summed E-state index contributed by atoms with van der Waals surface area (Å²) >= 11 is 0. The van der Waals surface area contributed by atoms with Crippen LogP contribution in [0, 0.1) is 5.92 Å². The Morgan fingerprint density at radius 1 is 1.27 bits per heavy atom. The number of hydrogen-bond acceptors (Lipinski definition) is 3. The zero-order valence-electron chi connectivity index (χ0n) is 12.8. The third-order valence-corrected chi connectivity index (χ3v) is 3.97. The highest BCUT2D eigenvalue weighted by Gasteiger charge is 2.13. The Hall–Kier alpha value is -1.52. The van der Waals surface area contributed by atoms with Crippen LogP contribution in [-0.4, -0.2) is 29.5 Å². The minimum absolute atomic E-state index is 0. The van der Waals surface area contributed by atoms with Gasteiger partial charge in [-0.3, -0.25) is 4.68 Å². The lowest BCUT2D eigenvalue weighted by Gasteiger charge is -2.22. The van der Waals surface area contributed by atoms with Gasteiger partial charge in [0.25, 0.3) is 0 Å². The fourth-order valence-electron chi connectivity index (χ4n) is 2.71. The first-order valence-corrected chi connectivity index (χ1v) is 7.80. The molecule has 1 aliphatic rings. The Morgan fingerprint density at radius 2 is 2.14 bits per heavy atom. The topological polar surface area (TPSA) is 39.1 Å². The molecule has 4 nitrogen and oxygen atoms in total. The number of piperidine rings is 1. The molecule has 0 spiro atoms. The summed E-state index contributed by atoms with van der Waals surface area (Å²) in [6.45, 7) is 3.89. The summed E-state index contributed by atoms with van der Waals surface area (Å²) in [5.41, 5.74) is 1.34. The van der Waals surface area contributed by atoms with Crippen molar-refractivity contribution >= 4 is 12.4 Å². The summed E-state index contributed by atoms with van der Waals surface area (Å²) in [4.78, 5) is 0. The number of aromatic nitrogens is 2. The Balaban J connectivity index is 0.00000176. The van der Waals surface area contributed by atoms with Crippen LogP contribution in [-0.2, 0) is 13.0 Å².